The molecular formula is C26H19ClFN5O2. The Morgan fingerprint density at radius 3 is 2.54 bits per heavy atom. The second kappa shape index (κ2) is 9.08. The number of nitrogens with one attached hydrogen (secondary N) is 1. The fourth-order valence-electron chi connectivity index (χ4n) is 3.81. The van der Waals surface area contributed by atoms with E-state index in [9.17, 15) is 9.18 Å². The number of anilines is 3. The van der Waals surface area contributed by atoms with Gasteiger partial charge in [0.1, 0.15) is 16.7 Å². The summed E-state index contributed by atoms with van der Waals surface area (Å²) in [4.78, 5) is 21.7. The highest BCUT2D eigenvalue weighted by Crippen LogP contribution is 2.34. The van der Waals surface area contributed by atoms with Crippen molar-refractivity contribution in [2.45, 2.75) is 6.92 Å². The molecule has 3 heterocycles. The normalized spacial score (nSPS) is 10.9. The van der Waals surface area contributed by atoms with Crippen LogP contribution in [-0.4, -0.2) is 14.5 Å². The minimum absolute atomic E-state index is 0.0454. The van der Waals surface area contributed by atoms with Crippen LogP contribution in [0.5, 0.6) is 11.5 Å². The highest BCUT2D eigenvalue weighted by molar-refractivity contribution is 6.34. The topological polar surface area (TPSA) is 95.1 Å². The second-order valence-electron chi connectivity index (χ2n) is 7.77. The number of rotatable bonds is 5. The van der Waals surface area contributed by atoms with Gasteiger partial charge in [0.2, 0.25) is 0 Å². The Hall–Kier alpha value is -4.43. The molecule has 0 saturated heterocycles. The van der Waals surface area contributed by atoms with Crippen molar-refractivity contribution in [2.24, 2.45) is 0 Å². The summed E-state index contributed by atoms with van der Waals surface area (Å²) in [5.74, 6) is -0.0990. The van der Waals surface area contributed by atoms with Crippen LogP contribution in [0.25, 0.3) is 16.5 Å². The highest BCUT2D eigenvalue weighted by Gasteiger charge is 2.15. The number of hydrogen-bond acceptors (Lipinski definition) is 6. The van der Waals surface area contributed by atoms with E-state index in [0.717, 1.165) is 16.8 Å². The van der Waals surface area contributed by atoms with Gasteiger partial charge in [-0.1, -0.05) is 29.8 Å². The van der Waals surface area contributed by atoms with Gasteiger partial charge in [-0.15, -0.1) is 0 Å². The third-order valence-corrected chi connectivity index (χ3v) is 5.81. The number of pyridine rings is 3. The van der Waals surface area contributed by atoms with Crippen molar-refractivity contribution in [3.8, 4) is 17.2 Å². The average Bonchev–Trinajstić information content (AvgIpc) is 2.84. The zero-order valence-electron chi connectivity index (χ0n) is 18.5. The standard InChI is InChI=1S/C26H19ClFN5O2/c1-15-13-16-9-11-31-25(22(16)26(34)33(15)18-5-3-2-4-6-18)32-17-7-8-20(19(28)14-17)35-21-10-12-30-24(29)23(21)27/h2-14H,1H3,(H2,29,30)(H,31,32). The Labute approximate surface area is 204 Å². The van der Waals surface area contributed by atoms with Crippen LogP contribution in [0.3, 0.4) is 0 Å². The number of aromatic nitrogens is 3. The Morgan fingerprint density at radius 1 is 1.00 bits per heavy atom. The van der Waals surface area contributed by atoms with E-state index in [-0.39, 0.29) is 27.9 Å². The van der Waals surface area contributed by atoms with Crippen LogP contribution in [-0.2, 0) is 0 Å². The summed E-state index contributed by atoms with van der Waals surface area (Å²) in [6.07, 6.45) is 3.01. The van der Waals surface area contributed by atoms with Gasteiger partial charge in [0.25, 0.3) is 5.56 Å². The molecule has 35 heavy (non-hydrogen) atoms. The predicted molar refractivity (Wildman–Crippen MR) is 135 cm³/mol. The quantitative estimate of drug-likeness (QED) is 0.316. The SMILES string of the molecule is Cc1cc2ccnc(Nc3ccc(Oc4ccnc(N)c4Cl)c(F)c3)c2c(=O)n1-c1ccccc1. The number of halogens is 2. The average molecular weight is 488 g/mol. The molecule has 7 nitrogen and oxygen atoms in total. The number of nitrogens with zero attached hydrogens (tertiary/aromatic N) is 3. The summed E-state index contributed by atoms with van der Waals surface area (Å²) < 4.78 is 22.1. The lowest BCUT2D eigenvalue weighted by atomic mass is 10.1. The maximum atomic E-state index is 14.9. The van der Waals surface area contributed by atoms with Crippen LogP contribution in [0, 0.1) is 12.7 Å². The van der Waals surface area contributed by atoms with Crippen molar-refractivity contribution in [2.75, 3.05) is 11.1 Å². The zero-order valence-corrected chi connectivity index (χ0v) is 19.3. The Bertz CT molecular complexity index is 1620. The van der Waals surface area contributed by atoms with Gasteiger partial charge >= 0.3 is 0 Å². The molecule has 5 rings (SSSR count). The molecule has 0 aliphatic rings. The summed E-state index contributed by atoms with van der Waals surface area (Å²) in [6, 6.07) is 18.8. The largest absolute Gasteiger partial charge is 0.453 e. The van der Waals surface area contributed by atoms with Crippen LogP contribution in [0.4, 0.5) is 21.7 Å². The van der Waals surface area contributed by atoms with Crippen LogP contribution in [0.1, 0.15) is 5.69 Å². The maximum absolute atomic E-state index is 14.9. The lowest BCUT2D eigenvalue weighted by Gasteiger charge is -2.15. The monoisotopic (exact) mass is 487 g/mol. The minimum atomic E-state index is -0.640. The number of nitrogen functional groups attached to an aromatic ring is 1. The Kier molecular flexibility index (Phi) is 5.80. The molecule has 3 N–H and O–H groups in total. The number of ether oxygens (including phenoxy) is 1. The van der Waals surface area contributed by atoms with Crippen molar-refractivity contribution >= 4 is 39.7 Å². The Morgan fingerprint density at radius 2 is 1.77 bits per heavy atom. The van der Waals surface area contributed by atoms with E-state index in [2.05, 4.69) is 15.3 Å². The van der Waals surface area contributed by atoms with E-state index < -0.39 is 5.82 Å². The maximum Gasteiger partial charge on any atom is 0.266 e. The molecule has 0 unspecified atom stereocenters. The molecule has 0 fully saturated rings. The van der Waals surface area contributed by atoms with Gasteiger partial charge in [-0.2, -0.15) is 0 Å². The van der Waals surface area contributed by atoms with Crippen LogP contribution in [0.2, 0.25) is 5.02 Å². The minimum Gasteiger partial charge on any atom is -0.453 e. The molecule has 0 amide bonds. The van der Waals surface area contributed by atoms with Gasteiger partial charge in [0.15, 0.2) is 17.3 Å². The summed E-state index contributed by atoms with van der Waals surface area (Å²) in [6.45, 7) is 1.87. The molecule has 0 aliphatic carbocycles. The van der Waals surface area contributed by atoms with Gasteiger partial charge in [-0.05, 0) is 48.7 Å². The third kappa shape index (κ3) is 4.27. The zero-order chi connectivity index (χ0) is 24.5. The third-order valence-electron chi connectivity index (χ3n) is 5.43. The summed E-state index contributed by atoms with van der Waals surface area (Å²) in [5, 5.41) is 4.27. The van der Waals surface area contributed by atoms with Crippen LogP contribution < -0.4 is 21.3 Å². The molecule has 2 aromatic carbocycles. The molecule has 0 aliphatic heterocycles. The lowest BCUT2D eigenvalue weighted by molar-refractivity contribution is 0.442. The van der Waals surface area contributed by atoms with Crippen molar-refractivity contribution < 1.29 is 9.13 Å². The van der Waals surface area contributed by atoms with Gasteiger partial charge in [0, 0.05) is 41.6 Å². The number of nitrogens with two attached hydrogens (primary N) is 1. The predicted octanol–water partition coefficient (Wildman–Crippen LogP) is 6.00. The van der Waals surface area contributed by atoms with E-state index in [0.29, 0.717) is 16.9 Å². The van der Waals surface area contributed by atoms with E-state index in [1.54, 1.807) is 22.9 Å². The van der Waals surface area contributed by atoms with Crippen molar-refractivity contribution in [1.29, 1.82) is 0 Å². The van der Waals surface area contributed by atoms with Crippen LogP contribution >= 0.6 is 11.6 Å². The van der Waals surface area contributed by atoms with Gasteiger partial charge < -0.3 is 15.8 Å². The van der Waals surface area contributed by atoms with Crippen LogP contribution in [0.15, 0.2) is 83.9 Å². The molecule has 0 radical (unpaired) electrons. The summed E-state index contributed by atoms with van der Waals surface area (Å²) in [5.41, 5.74) is 7.37. The highest BCUT2D eigenvalue weighted by atomic mass is 35.5. The van der Waals surface area contributed by atoms with E-state index in [1.165, 1.54) is 24.4 Å². The summed E-state index contributed by atoms with van der Waals surface area (Å²) >= 11 is 6.09. The van der Waals surface area contributed by atoms with Gasteiger partial charge in [-0.3, -0.25) is 9.36 Å². The summed E-state index contributed by atoms with van der Waals surface area (Å²) in [7, 11) is 0. The first kappa shape index (κ1) is 22.4. The van der Waals surface area contributed by atoms with E-state index in [1.807, 2.05) is 43.3 Å². The number of aryl methyl sites for hydroxylation is 1. The molecule has 0 atom stereocenters. The Balaban J connectivity index is 1.52. The molecule has 0 bridgehead atoms. The van der Waals surface area contributed by atoms with Crippen molar-refractivity contribution in [3.05, 3.63) is 106 Å². The molecule has 0 saturated carbocycles. The van der Waals surface area contributed by atoms with Gasteiger partial charge in [0.05, 0.1) is 5.39 Å². The fourth-order valence-corrected chi connectivity index (χ4v) is 3.96. The second-order valence-corrected chi connectivity index (χ2v) is 8.14. The van der Waals surface area contributed by atoms with E-state index >= 15 is 0 Å². The first-order chi connectivity index (χ1) is 16.9. The fraction of sp³-hybridized carbons (Fsp3) is 0.0385. The number of hydrogen-bond donors (Lipinski definition) is 2. The molecule has 0 spiro atoms. The molecule has 5 aromatic rings. The lowest BCUT2D eigenvalue weighted by Crippen LogP contribution is -2.21. The van der Waals surface area contributed by atoms with Crippen molar-refractivity contribution in [1.82, 2.24) is 14.5 Å². The molecule has 9 heteroatoms. The molecular weight excluding hydrogens is 469 g/mol. The first-order valence-corrected chi connectivity index (χ1v) is 11.0. The number of benzene rings is 2. The smallest absolute Gasteiger partial charge is 0.266 e. The first-order valence-electron chi connectivity index (χ1n) is 10.6. The van der Waals surface area contributed by atoms with Crippen molar-refractivity contribution in [3.63, 3.8) is 0 Å². The van der Waals surface area contributed by atoms with Gasteiger partial charge in [-0.25, -0.2) is 14.4 Å². The number of para-hydroxylation sites is 1. The van der Waals surface area contributed by atoms with E-state index in [4.69, 9.17) is 22.1 Å². The molecule has 3 aromatic heterocycles. The number of fused-ring (bicyclic) bond motifs is 1. The molecule has 174 valence electrons.